The third-order valence-corrected chi connectivity index (χ3v) is 4.80. The van der Waals surface area contributed by atoms with Crippen LogP contribution in [0.1, 0.15) is 29.6 Å². The summed E-state index contributed by atoms with van der Waals surface area (Å²) in [5.74, 6) is 1.88. The standard InChI is InChI=1S/C11H14N4S2/c12-6-10-13-14-11(15(10)8-3-4-8)17-7-9-2-1-5-16-9/h1-2,5,8H,3-4,6-7,12H2. The van der Waals surface area contributed by atoms with Crippen LogP contribution in [0.25, 0.3) is 0 Å². The molecule has 0 aliphatic heterocycles. The van der Waals surface area contributed by atoms with Crippen molar-refractivity contribution in [3.8, 4) is 0 Å². The summed E-state index contributed by atoms with van der Waals surface area (Å²) < 4.78 is 2.22. The van der Waals surface area contributed by atoms with Crippen molar-refractivity contribution in [3.05, 3.63) is 28.2 Å². The SMILES string of the molecule is NCc1nnc(SCc2cccs2)n1C1CC1. The summed E-state index contributed by atoms with van der Waals surface area (Å²) in [5.41, 5.74) is 5.69. The van der Waals surface area contributed by atoms with Gasteiger partial charge in [-0.2, -0.15) is 0 Å². The number of aromatic nitrogens is 3. The fourth-order valence-electron chi connectivity index (χ4n) is 1.77. The van der Waals surface area contributed by atoms with Crippen molar-refractivity contribution in [1.82, 2.24) is 14.8 Å². The average Bonchev–Trinajstić information content (AvgIpc) is 2.92. The van der Waals surface area contributed by atoms with Gasteiger partial charge in [0.15, 0.2) is 5.16 Å². The third-order valence-electron chi connectivity index (χ3n) is 2.75. The number of nitrogens with two attached hydrogens (primary N) is 1. The lowest BCUT2D eigenvalue weighted by Crippen LogP contribution is -2.07. The molecular weight excluding hydrogens is 252 g/mol. The summed E-state index contributed by atoms with van der Waals surface area (Å²) >= 11 is 3.54. The lowest BCUT2D eigenvalue weighted by atomic mass is 10.5. The van der Waals surface area contributed by atoms with Crippen molar-refractivity contribution in [2.45, 2.75) is 36.3 Å². The molecular formula is C11H14N4S2. The molecule has 0 aromatic carbocycles. The number of thioether (sulfide) groups is 1. The van der Waals surface area contributed by atoms with Crippen LogP contribution in [-0.2, 0) is 12.3 Å². The van der Waals surface area contributed by atoms with Gasteiger partial charge in [0.1, 0.15) is 5.82 Å². The number of hydrogen-bond acceptors (Lipinski definition) is 5. The zero-order valence-corrected chi connectivity index (χ0v) is 11.0. The van der Waals surface area contributed by atoms with E-state index in [9.17, 15) is 0 Å². The summed E-state index contributed by atoms with van der Waals surface area (Å²) in [7, 11) is 0. The van der Waals surface area contributed by atoms with E-state index in [1.54, 1.807) is 23.1 Å². The molecule has 2 heterocycles. The first-order valence-electron chi connectivity index (χ1n) is 5.67. The van der Waals surface area contributed by atoms with Gasteiger partial charge in [-0.05, 0) is 24.3 Å². The van der Waals surface area contributed by atoms with Gasteiger partial charge in [-0.15, -0.1) is 21.5 Å². The molecule has 0 spiro atoms. The molecule has 0 atom stereocenters. The normalized spacial score (nSPS) is 15.4. The molecule has 2 aromatic rings. The highest BCUT2D eigenvalue weighted by molar-refractivity contribution is 7.98. The smallest absolute Gasteiger partial charge is 0.191 e. The van der Waals surface area contributed by atoms with Crippen molar-refractivity contribution >= 4 is 23.1 Å². The van der Waals surface area contributed by atoms with E-state index in [0.29, 0.717) is 12.6 Å². The number of nitrogens with zero attached hydrogens (tertiary/aromatic N) is 3. The molecule has 0 amide bonds. The first-order valence-corrected chi connectivity index (χ1v) is 7.54. The minimum Gasteiger partial charge on any atom is -0.324 e. The molecule has 1 saturated carbocycles. The van der Waals surface area contributed by atoms with Crippen molar-refractivity contribution in [3.63, 3.8) is 0 Å². The highest BCUT2D eigenvalue weighted by Crippen LogP contribution is 2.39. The molecule has 4 nitrogen and oxygen atoms in total. The molecule has 3 rings (SSSR count). The number of hydrogen-bond donors (Lipinski definition) is 1. The predicted molar refractivity (Wildman–Crippen MR) is 70.1 cm³/mol. The minimum absolute atomic E-state index is 0.475. The quantitative estimate of drug-likeness (QED) is 0.844. The summed E-state index contributed by atoms with van der Waals surface area (Å²) in [5, 5.41) is 11.5. The van der Waals surface area contributed by atoms with Crippen molar-refractivity contribution in [1.29, 1.82) is 0 Å². The Kier molecular flexibility index (Phi) is 3.17. The van der Waals surface area contributed by atoms with Gasteiger partial charge in [-0.3, -0.25) is 0 Å². The summed E-state index contributed by atoms with van der Waals surface area (Å²) in [6.45, 7) is 0.475. The molecule has 0 saturated heterocycles. The van der Waals surface area contributed by atoms with Gasteiger partial charge in [0.05, 0.1) is 6.54 Å². The van der Waals surface area contributed by atoms with E-state index in [-0.39, 0.29) is 0 Å². The minimum atomic E-state index is 0.475. The van der Waals surface area contributed by atoms with E-state index in [4.69, 9.17) is 5.73 Å². The van der Waals surface area contributed by atoms with Crippen LogP contribution >= 0.6 is 23.1 Å². The first-order chi connectivity index (χ1) is 8.38. The molecule has 1 aliphatic carbocycles. The van der Waals surface area contributed by atoms with Crippen LogP contribution in [0.3, 0.4) is 0 Å². The third kappa shape index (κ3) is 2.38. The highest BCUT2D eigenvalue weighted by atomic mass is 32.2. The maximum absolute atomic E-state index is 5.69. The van der Waals surface area contributed by atoms with E-state index in [1.165, 1.54) is 17.7 Å². The second kappa shape index (κ2) is 4.80. The van der Waals surface area contributed by atoms with Crippen LogP contribution in [0, 0.1) is 0 Å². The van der Waals surface area contributed by atoms with Crippen molar-refractivity contribution < 1.29 is 0 Å². The Labute approximate surface area is 108 Å². The zero-order chi connectivity index (χ0) is 11.7. The van der Waals surface area contributed by atoms with Gasteiger partial charge >= 0.3 is 0 Å². The number of rotatable bonds is 5. The van der Waals surface area contributed by atoms with Crippen molar-refractivity contribution in [2.24, 2.45) is 5.73 Å². The molecule has 1 fully saturated rings. The molecule has 2 aromatic heterocycles. The summed E-state index contributed by atoms with van der Waals surface area (Å²) in [6, 6.07) is 4.82. The van der Waals surface area contributed by atoms with Crippen LogP contribution in [0.15, 0.2) is 22.7 Å². The lowest BCUT2D eigenvalue weighted by molar-refractivity contribution is 0.626. The van der Waals surface area contributed by atoms with Gasteiger partial charge in [0.2, 0.25) is 0 Å². The summed E-state index contributed by atoms with van der Waals surface area (Å²) in [4.78, 5) is 1.37. The molecule has 6 heteroatoms. The highest BCUT2D eigenvalue weighted by Gasteiger charge is 2.29. The maximum Gasteiger partial charge on any atom is 0.191 e. The first kappa shape index (κ1) is 11.3. The lowest BCUT2D eigenvalue weighted by Gasteiger charge is -2.06. The average molecular weight is 266 g/mol. The number of thiophene rings is 1. The van der Waals surface area contributed by atoms with Gasteiger partial charge in [-0.25, -0.2) is 0 Å². The van der Waals surface area contributed by atoms with E-state index >= 15 is 0 Å². The van der Waals surface area contributed by atoms with Crippen LogP contribution in [0.4, 0.5) is 0 Å². The van der Waals surface area contributed by atoms with Crippen LogP contribution in [0.5, 0.6) is 0 Å². The van der Waals surface area contributed by atoms with Crippen LogP contribution in [0.2, 0.25) is 0 Å². The zero-order valence-electron chi connectivity index (χ0n) is 9.37. The van der Waals surface area contributed by atoms with E-state index in [2.05, 4.69) is 32.3 Å². The fraction of sp³-hybridized carbons (Fsp3) is 0.455. The Balaban J connectivity index is 1.76. The Hall–Kier alpha value is -0.850. The fourth-order valence-corrected chi connectivity index (χ4v) is 3.57. The van der Waals surface area contributed by atoms with Crippen LogP contribution in [-0.4, -0.2) is 14.8 Å². The van der Waals surface area contributed by atoms with Gasteiger partial charge in [0.25, 0.3) is 0 Å². The monoisotopic (exact) mass is 266 g/mol. The van der Waals surface area contributed by atoms with E-state index in [1.807, 2.05) is 0 Å². The molecule has 17 heavy (non-hydrogen) atoms. The largest absolute Gasteiger partial charge is 0.324 e. The topological polar surface area (TPSA) is 56.7 Å². The Bertz CT molecular complexity index is 488. The maximum atomic E-state index is 5.69. The van der Waals surface area contributed by atoms with Gasteiger partial charge in [0, 0.05) is 16.7 Å². The molecule has 0 unspecified atom stereocenters. The molecule has 0 bridgehead atoms. The Morgan fingerprint density at radius 3 is 3.00 bits per heavy atom. The molecule has 2 N–H and O–H groups in total. The van der Waals surface area contributed by atoms with Gasteiger partial charge < -0.3 is 10.3 Å². The molecule has 1 aliphatic rings. The Morgan fingerprint density at radius 1 is 1.47 bits per heavy atom. The summed E-state index contributed by atoms with van der Waals surface area (Å²) in [6.07, 6.45) is 2.47. The molecule has 90 valence electrons. The second-order valence-electron chi connectivity index (χ2n) is 4.07. The molecule has 0 radical (unpaired) electrons. The Morgan fingerprint density at radius 2 is 2.35 bits per heavy atom. The van der Waals surface area contributed by atoms with Crippen molar-refractivity contribution in [2.75, 3.05) is 0 Å². The predicted octanol–water partition coefficient (Wildman–Crippen LogP) is 2.43. The van der Waals surface area contributed by atoms with E-state index in [0.717, 1.165) is 16.7 Å². The van der Waals surface area contributed by atoms with E-state index < -0.39 is 0 Å². The van der Waals surface area contributed by atoms with Crippen LogP contribution < -0.4 is 5.73 Å². The second-order valence-corrected chi connectivity index (χ2v) is 6.05. The van der Waals surface area contributed by atoms with Gasteiger partial charge in [-0.1, -0.05) is 17.8 Å².